The van der Waals surface area contributed by atoms with Crippen molar-refractivity contribution in [2.45, 2.75) is 33.6 Å². The van der Waals surface area contributed by atoms with Crippen LogP contribution >= 0.6 is 0 Å². The van der Waals surface area contributed by atoms with Gasteiger partial charge in [-0.2, -0.15) is 0 Å². The molecule has 0 spiro atoms. The van der Waals surface area contributed by atoms with Gasteiger partial charge in [0.15, 0.2) is 5.96 Å². The Hall–Kier alpha value is -1.34. The minimum Gasteiger partial charge on any atom is -0.383 e. The molecule has 0 radical (unpaired) electrons. The molecule has 1 saturated heterocycles. The molecular weight excluding hydrogens is 318 g/mol. The molecule has 0 aliphatic carbocycles. The van der Waals surface area contributed by atoms with Crippen LogP contribution in [0.5, 0.6) is 0 Å². The van der Waals surface area contributed by atoms with E-state index in [0.717, 1.165) is 45.1 Å². The Morgan fingerprint density at radius 1 is 1.12 bits per heavy atom. The molecule has 0 atom stereocenters. The van der Waals surface area contributed by atoms with Crippen LogP contribution in [0.3, 0.4) is 0 Å². The van der Waals surface area contributed by atoms with Gasteiger partial charge in [0.2, 0.25) is 5.91 Å². The van der Waals surface area contributed by atoms with Gasteiger partial charge in [-0.3, -0.25) is 14.7 Å². The fourth-order valence-corrected chi connectivity index (χ4v) is 2.82. The summed E-state index contributed by atoms with van der Waals surface area (Å²) in [4.78, 5) is 20.7. The molecule has 0 aromatic rings. The van der Waals surface area contributed by atoms with Crippen molar-refractivity contribution >= 4 is 11.9 Å². The highest BCUT2D eigenvalue weighted by Crippen LogP contribution is 2.19. The standard InChI is InChI=1S/C18H37N5O2/c1-18(2,3)7-6-8-21-17(19-4)23-12-10-22(11-13-23)15-16(24)20-9-14-25-5/h6-15H2,1-5H3,(H,19,21)(H,20,24). The molecule has 1 aliphatic heterocycles. The summed E-state index contributed by atoms with van der Waals surface area (Å²) >= 11 is 0. The molecule has 0 aromatic carbocycles. The Morgan fingerprint density at radius 3 is 2.36 bits per heavy atom. The van der Waals surface area contributed by atoms with Crippen molar-refractivity contribution in [2.75, 3.05) is 66.6 Å². The zero-order valence-electron chi connectivity index (χ0n) is 16.7. The summed E-state index contributed by atoms with van der Waals surface area (Å²) in [5.74, 6) is 1.04. The molecule has 2 N–H and O–H groups in total. The number of ether oxygens (including phenoxy) is 1. The van der Waals surface area contributed by atoms with Gasteiger partial charge in [-0.05, 0) is 18.3 Å². The Labute approximate surface area is 153 Å². The molecule has 146 valence electrons. The Bertz CT molecular complexity index is 412. The van der Waals surface area contributed by atoms with Crippen molar-refractivity contribution in [3.63, 3.8) is 0 Å². The number of carbonyl (C=O) groups is 1. The largest absolute Gasteiger partial charge is 0.383 e. The summed E-state index contributed by atoms with van der Waals surface area (Å²) in [5, 5.41) is 6.33. The lowest BCUT2D eigenvalue weighted by molar-refractivity contribution is -0.122. The third-order valence-corrected chi connectivity index (χ3v) is 4.27. The first-order chi connectivity index (χ1) is 11.9. The molecule has 0 saturated carbocycles. The van der Waals surface area contributed by atoms with E-state index in [1.165, 1.54) is 6.42 Å². The van der Waals surface area contributed by atoms with E-state index in [1.807, 2.05) is 7.05 Å². The first kappa shape index (κ1) is 21.7. The summed E-state index contributed by atoms with van der Waals surface area (Å²) in [6.07, 6.45) is 2.34. The summed E-state index contributed by atoms with van der Waals surface area (Å²) in [5.41, 5.74) is 0.376. The van der Waals surface area contributed by atoms with E-state index in [9.17, 15) is 4.79 Å². The summed E-state index contributed by atoms with van der Waals surface area (Å²) in [6.45, 7) is 12.9. The van der Waals surface area contributed by atoms with E-state index in [2.05, 4.69) is 46.2 Å². The van der Waals surface area contributed by atoms with Crippen LogP contribution in [0.4, 0.5) is 0 Å². The highest BCUT2D eigenvalue weighted by Gasteiger charge is 2.21. The number of nitrogens with zero attached hydrogens (tertiary/aromatic N) is 3. The molecule has 7 heteroatoms. The van der Waals surface area contributed by atoms with Crippen molar-refractivity contribution in [2.24, 2.45) is 10.4 Å². The molecule has 0 unspecified atom stereocenters. The maximum Gasteiger partial charge on any atom is 0.234 e. The Morgan fingerprint density at radius 2 is 1.80 bits per heavy atom. The van der Waals surface area contributed by atoms with Crippen molar-refractivity contribution in [3.8, 4) is 0 Å². The van der Waals surface area contributed by atoms with Crippen molar-refractivity contribution < 1.29 is 9.53 Å². The van der Waals surface area contributed by atoms with Gasteiger partial charge in [-0.25, -0.2) is 0 Å². The third kappa shape index (κ3) is 9.65. The number of rotatable bonds is 8. The highest BCUT2D eigenvalue weighted by molar-refractivity contribution is 5.80. The van der Waals surface area contributed by atoms with Gasteiger partial charge in [0, 0.05) is 53.4 Å². The fourth-order valence-electron chi connectivity index (χ4n) is 2.82. The number of hydrogen-bond donors (Lipinski definition) is 2. The number of amides is 1. The SMILES string of the molecule is CN=C(NCCCC(C)(C)C)N1CCN(CC(=O)NCCOC)CC1. The topological polar surface area (TPSA) is 69.2 Å². The smallest absolute Gasteiger partial charge is 0.234 e. The van der Waals surface area contributed by atoms with Crippen LogP contribution in [0.15, 0.2) is 4.99 Å². The number of aliphatic imine (C=N–C) groups is 1. The van der Waals surface area contributed by atoms with Gasteiger partial charge in [-0.15, -0.1) is 0 Å². The van der Waals surface area contributed by atoms with Crippen LogP contribution < -0.4 is 10.6 Å². The summed E-state index contributed by atoms with van der Waals surface area (Å²) < 4.78 is 4.94. The second kappa shape index (κ2) is 11.3. The summed E-state index contributed by atoms with van der Waals surface area (Å²) in [7, 11) is 3.47. The molecule has 1 amide bonds. The lowest BCUT2D eigenvalue weighted by atomic mass is 9.91. The predicted octanol–water partition coefficient (Wildman–Crippen LogP) is 0.768. The van der Waals surface area contributed by atoms with Crippen LogP contribution in [0, 0.1) is 5.41 Å². The summed E-state index contributed by atoms with van der Waals surface area (Å²) in [6, 6.07) is 0. The third-order valence-electron chi connectivity index (χ3n) is 4.27. The molecule has 1 fully saturated rings. The average molecular weight is 356 g/mol. The van der Waals surface area contributed by atoms with E-state index >= 15 is 0 Å². The molecule has 25 heavy (non-hydrogen) atoms. The molecule has 1 heterocycles. The first-order valence-electron chi connectivity index (χ1n) is 9.29. The highest BCUT2D eigenvalue weighted by atomic mass is 16.5. The van der Waals surface area contributed by atoms with Crippen molar-refractivity contribution in [1.82, 2.24) is 20.4 Å². The van der Waals surface area contributed by atoms with Gasteiger partial charge in [0.05, 0.1) is 13.2 Å². The zero-order valence-corrected chi connectivity index (χ0v) is 16.7. The molecule has 0 aromatic heterocycles. The van der Waals surface area contributed by atoms with Crippen LogP contribution in [-0.2, 0) is 9.53 Å². The lowest BCUT2D eigenvalue weighted by Crippen LogP contribution is -2.54. The molecule has 7 nitrogen and oxygen atoms in total. The van der Waals surface area contributed by atoms with Crippen molar-refractivity contribution in [1.29, 1.82) is 0 Å². The van der Waals surface area contributed by atoms with Gasteiger partial charge < -0.3 is 20.3 Å². The van der Waals surface area contributed by atoms with E-state index in [4.69, 9.17) is 4.74 Å². The molecule has 1 rings (SSSR count). The second-order valence-electron chi connectivity index (χ2n) is 7.74. The van der Waals surface area contributed by atoms with E-state index in [-0.39, 0.29) is 5.91 Å². The average Bonchev–Trinajstić information content (AvgIpc) is 2.55. The van der Waals surface area contributed by atoms with Gasteiger partial charge >= 0.3 is 0 Å². The Kier molecular flexibility index (Phi) is 9.82. The fraction of sp³-hybridized carbons (Fsp3) is 0.889. The predicted molar refractivity (Wildman–Crippen MR) is 103 cm³/mol. The number of piperazine rings is 1. The number of guanidine groups is 1. The van der Waals surface area contributed by atoms with E-state index < -0.39 is 0 Å². The van der Waals surface area contributed by atoms with Crippen LogP contribution in [0.25, 0.3) is 0 Å². The number of carbonyl (C=O) groups excluding carboxylic acids is 1. The molecule has 1 aliphatic rings. The second-order valence-corrected chi connectivity index (χ2v) is 7.74. The monoisotopic (exact) mass is 355 g/mol. The minimum atomic E-state index is 0.0650. The quantitative estimate of drug-likeness (QED) is 0.382. The maximum absolute atomic E-state index is 11.9. The van der Waals surface area contributed by atoms with Gasteiger partial charge in [0.25, 0.3) is 0 Å². The minimum absolute atomic E-state index is 0.0650. The van der Waals surface area contributed by atoms with Gasteiger partial charge in [0.1, 0.15) is 0 Å². The van der Waals surface area contributed by atoms with Crippen LogP contribution in [0.1, 0.15) is 33.6 Å². The van der Waals surface area contributed by atoms with Crippen LogP contribution in [0.2, 0.25) is 0 Å². The lowest BCUT2D eigenvalue weighted by Gasteiger charge is -2.36. The molecular formula is C18H37N5O2. The number of methoxy groups -OCH3 is 1. The van der Waals surface area contributed by atoms with Crippen molar-refractivity contribution in [3.05, 3.63) is 0 Å². The van der Waals surface area contributed by atoms with Crippen LogP contribution in [-0.4, -0.2) is 88.2 Å². The number of nitrogens with one attached hydrogen (secondary N) is 2. The first-order valence-corrected chi connectivity index (χ1v) is 9.29. The normalized spacial score (nSPS) is 16.8. The number of hydrogen-bond acceptors (Lipinski definition) is 4. The van der Waals surface area contributed by atoms with E-state index in [1.54, 1.807) is 7.11 Å². The van der Waals surface area contributed by atoms with E-state index in [0.29, 0.717) is 25.1 Å². The Balaban J connectivity index is 2.25. The zero-order chi connectivity index (χ0) is 18.7. The maximum atomic E-state index is 11.9. The molecule has 0 bridgehead atoms. The van der Waals surface area contributed by atoms with Gasteiger partial charge in [-0.1, -0.05) is 20.8 Å².